The summed E-state index contributed by atoms with van der Waals surface area (Å²) in [4.78, 5) is 20.9. The number of hydrogen-bond acceptors (Lipinski definition) is 4. The molecule has 0 aromatic rings. The molecule has 142 valence electrons. The molecule has 0 aromatic heterocycles. The Morgan fingerprint density at radius 1 is 1.24 bits per heavy atom. The first-order chi connectivity index (χ1) is 12.0. The number of rotatable bonds is 4. The van der Waals surface area contributed by atoms with Crippen molar-refractivity contribution >= 4 is 21.7 Å². The van der Waals surface area contributed by atoms with Crippen LogP contribution in [0.3, 0.4) is 0 Å². The number of carbonyl (C=O) groups is 1. The lowest BCUT2D eigenvalue weighted by atomic mass is 10.1. The summed E-state index contributed by atoms with van der Waals surface area (Å²) in [6.07, 6.45) is 5.44. The Bertz CT molecular complexity index is 613. The summed E-state index contributed by atoms with van der Waals surface area (Å²) >= 11 is 0. The summed E-state index contributed by atoms with van der Waals surface area (Å²) in [5.41, 5.74) is 0. The molecule has 1 atom stereocenters. The number of hydrogen-bond donors (Lipinski definition) is 1. The maximum absolute atomic E-state index is 12.2. The van der Waals surface area contributed by atoms with Crippen molar-refractivity contribution in [3.63, 3.8) is 0 Å². The van der Waals surface area contributed by atoms with Crippen molar-refractivity contribution in [2.24, 2.45) is 10.9 Å². The van der Waals surface area contributed by atoms with Crippen LogP contribution in [-0.2, 0) is 14.6 Å². The molecule has 2 saturated heterocycles. The van der Waals surface area contributed by atoms with E-state index < -0.39 is 9.84 Å². The van der Waals surface area contributed by atoms with Crippen LogP contribution in [0, 0.1) is 5.92 Å². The van der Waals surface area contributed by atoms with Crippen LogP contribution in [0.4, 0.5) is 0 Å². The molecule has 0 radical (unpaired) electrons. The van der Waals surface area contributed by atoms with Crippen molar-refractivity contribution < 1.29 is 13.2 Å². The molecule has 0 spiro atoms. The minimum absolute atomic E-state index is 0.109. The largest absolute Gasteiger partial charge is 0.353 e. The van der Waals surface area contributed by atoms with Crippen LogP contribution in [0.5, 0.6) is 0 Å². The number of amides is 1. The molecular weight excluding hydrogens is 340 g/mol. The lowest BCUT2D eigenvalue weighted by molar-refractivity contribution is -0.134. The Hall–Kier alpha value is -1.31. The first-order valence-electron chi connectivity index (χ1n) is 9.51. The molecule has 1 unspecified atom stereocenters. The number of sulfone groups is 1. The zero-order valence-corrected chi connectivity index (χ0v) is 15.9. The van der Waals surface area contributed by atoms with E-state index in [4.69, 9.17) is 4.99 Å². The van der Waals surface area contributed by atoms with E-state index in [2.05, 4.69) is 5.32 Å². The van der Waals surface area contributed by atoms with Crippen LogP contribution < -0.4 is 5.32 Å². The van der Waals surface area contributed by atoms with E-state index in [-0.39, 0.29) is 23.3 Å². The van der Waals surface area contributed by atoms with Gasteiger partial charge in [0.1, 0.15) is 0 Å². The normalized spacial score (nSPS) is 28.0. The first kappa shape index (κ1) is 18.5. The van der Waals surface area contributed by atoms with E-state index >= 15 is 0 Å². The molecule has 8 heteroatoms. The van der Waals surface area contributed by atoms with Crippen LogP contribution in [-0.4, -0.2) is 80.4 Å². The average Bonchev–Trinajstić information content (AvgIpc) is 3.20. The molecular formula is C17H30N4O3S. The monoisotopic (exact) mass is 370 g/mol. The van der Waals surface area contributed by atoms with Gasteiger partial charge < -0.3 is 15.1 Å². The predicted octanol–water partition coefficient (Wildman–Crippen LogP) is 0.473. The van der Waals surface area contributed by atoms with E-state index in [1.807, 2.05) is 16.7 Å². The van der Waals surface area contributed by atoms with Crippen LogP contribution in [0.15, 0.2) is 4.99 Å². The van der Waals surface area contributed by atoms with Gasteiger partial charge in [-0.1, -0.05) is 12.8 Å². The van der Waals surface area contributed by atoms with Gasteiger partial charge in [-0.3, -0.25) is 9.79 Å². The van der Waals surface area contributed by atoms with Crippen molar-refractivity contribution in [3.8, 4) is 0 Å². The number of guanidine groups is 1. The lowest BCUT2D eigenvalue weighted by Gasteiger charge is -2.36. The lowest BCUT2D eigenvalue weighted by Crippen LogP contribution is -2.56. The van der Waals surface area contributed by atoms with Crippen molar-refractivity contribution in [1.29, 1.82) is 0 Å². The van der Waals surface area contributed by atoms with Crippen LogP contribution in [0.25, 0.3) is 0 Å². The van der Waals surface area contributed by atoms with Gasteiger partial charge in [-0.05, 0) is 32.1 Å². The van der Waals surface area contributed by atoms with Gasteiger partial charge in [-0.2, -0.15) is 0 Å². The molecule has 0 bridgehead atoms. The summed E-state index contributed by atoms with van der Waals surface area (Å²) in [6, 6.07) is 0.422. The molecule has 0 aromatic carbocycles. The van der Waals surface area contributed by atoms with E-state index in [1.165, 1.54) is 12.8 Å². The van der Waals surface area contributed by atoms with Gasteiger partial charge in [0.25, 0.3) is 0 Å². The second-order valence-electron chi connectivity index (χ2n) is 7.45. The minimum atomic E-state index is -2.87. The smallest absolute Gasteiger partial charge is 0.242 e. The van der Waals surface area contributed by atoms with Crippen LogP contribution >= 0.6 is 0 Å². The number of carbonyl (C=O) groups excluding carboxylic acids is 1. The maximum atomic E-state index is 12.2. The summed E-state index contributed by atoms with van der Waals surface area (Å²) in [6.45, 7) is 5.13. The first-order valence-corrected chi connectivity index (χ1v) is 11.3. The Kier molecular flexibility index (Phi) is 5.86. The molecule has 1 saturated carbocycles. The zero-order chi connectivity index (χ0) is 17.9. The van der Waals surface area contributed by atoms with Crippen LogP contribution in [0.1, 0.15) is 39.0 Å². The topological polar surface area (TPSA) is 82.1 Å². The summed E-state index contributed by atoms with van der Waals surface area (Å²) < 4.78 is 23.3. The molecule has 3 rings (SSSR count). The van der Waals surface area contributed by atoms with Gasteiger partial charge in [0, 0.05) is 32.2 Å². The third-order valence-electron chi connectivity index (χ3n) is 5.51. The van der Waals surface area contributed by atoms with Gasteiger partial charge >= 0.3 is 0 Å². The highest BCUT2D eigenvalue weighted by Crippen LogP contribution is 2.20. The summed E-state index contributed by atoms with van der Waals surface area (Å²) in [5, 5.41) is 3.54. The minimum Gasteiger partial charge on any atom is -0.353 e. The molecule has 2 heterocycles. The van der Waals surface area contributed by atoms with E-state index in [0.29, 0.717) is 25.6 Å². The van der Waals surface area contributed by atoms with Crippen LogP contribution in [0.2, 0.25) is 0 Å². The summed E-state index contributed by atoms with van der Waals surface area (Å²) in [5.74, 6) is 1.57. The Labute approximate surface area is 150 Å². The number of piperazine rings is 1. The van der Waals surface area contributed by atoms with Gasteiger partial charge in [0.05, 0.1) is 18.1 Å². The Morgan fingerprint density at radius 3 is 2.60 bits per heavy atom. The van der Waals surface area contributed by atoms with E-state index in [0.717, 1.165) is 38.4 Å². The molecule has 2 aliphatic heterocycles. The highest BCUT2D eigenvalue weighted by molar-refractivity contribution is 7.91. The molecule has 1 aliphatic carbocycles. The van der Waals surface area contributed by atoms with Crippen molar-refractivity contribution in [3.05, 3.63) is 0 Å². The fourth-order valence-electron chi connectivity index (χ4n) is 3.94. The SMILES string of the molecule is CCN1CCN(C(=NCC2CCS(=O)(=O)C2)NC2CCCC2)CC1=O. The quantitative estimate of drug-likeness (QED) is 0.575. The standard InChI is InChI=1S/C17H30N4O3S/c1-2-20-8-9-21(12-16(20)22)17(19-15-5-3-4-6-15)18-11-14-7-10-25(23,24)13-14/h14-15H,2-13H2,1H3,(H,18,19). The van der Waals surface area contributed by atoms with Gasteiger partial charge in [-0.15, -0.1) is 0 Å². The van der Waals surface area contributed by atoms with Gasteiger partial charge in [-0.25, -0.2) is 8.42 Å². The van der Waals surface area contributed by atoms with Crippen molar-refractivity contribution in [2.75, 3.05) is 44.2 Å². The van der Waals surface area contributed by atoms with Crippen molar-refractivity contribution in [2.45, 2.75) is 45.1 Å². The third kappa shape index (κ3) is 4.86. The number of nitrogens with zero attached hydrogens (tertiary/aromatic N) is 3. The van der Waals surface area contributed by atoms with Crippen molar-refractivity contribution in [1.82, 2.24) is 15.1 Å². The molecule has 1 N–H and O–H groups in total. The van der Waals surface area contributed by atoms with Gasteiger partial charge in [0.15, 0.2) is 15.8 Å². The Morgan fingerprint density at radius 2 is 2.00 bits per heavy atom. The van der Waals surface area contributed by atoms with E-state index in [1.54, 1.807) is 0 Å². The number of nitrogens with one attached hydrogen (secondary N) is 1. The molecule has 3 aliphatic rings. The molecule has 25 heavy (non-hydrogen) atoms. The predicted molar refractivity (Wildman–Crippen MR) is 98.3 cm³/mol. The summed E-state index contributed by atoms with van der Waals surface area (Å²) in [7, 11) is -2.87. The molecule has 3 fully saturated rings. The molecule has 1 amide bonds. The maximum Gasteiger partial charge on any atom is 0.242 e. The average molecular weight is 371 g/mol. The Balaban J connectivity index is 1.66. The number of aliphatic imine (C=N–C) groups is 1. The molecule has 7 nitrogen and oxygen atoms in total. The fourth-order valence-corrected chi connectivity index (χ4v) is 5.79. The van der Waals surface area contributed by atoms with E-state index in [9.17, 15) is 13.2 Å². The third-order valence-corrected chi connectivity index (χ3v) is 7.35. The number of likely N-dealkylation sites (N-methyl/N-ethyl adjacent to an activating group) is 1. The van der Waals surface area contributed by atoms with Gasteiger partial charge in [0.2, 0.25) is 5.91 Å². The highest BCUT2D eigenvalue weighted by atomic mass is 32.2. The highest BCUT2D eigenvalue weighted by Gasteiger charge is 2.30. The fraction of sp³-hybridized carbons (Fsp3) is 0.882. The second-order valence-corrected chi connectivity index (χ2v) is 9.68. The zero-order valence-electron chi connectivity index (χ0n) is 15.1. The second kappa shape index (κ2) is 7.93.